The van der Waals surface area contributed by atoms with Crippen LogP contribution in [-0.4, -0.2) is 58.6 Å². The molecule has 234 valence electrons. The number of carbonyl (C=O) groups is 4. The van der Waals surface area contributed by atoms with Crippen LogP contribution in [0.25, 0.3) is 0 Å². The lowest BCUT2D eigenvalue weighted by Crippen LogP contribution is -2.57. The van der Waals surface area contributed by atoms with Crippen molar-refractivity contribution in [1.82, 2.24) is 25.9 Å². The number of hydrogen-bond donors (Lipinski definition) is 4. The molecule has 0 aliphatic carbocycles. The number of nitrogens with zero attached hydrogens (tertiary/aromatic N) is 1. The number of esters is 1. The van der Waals surface area contributed by atoms with Gasteiger partial charge in [-0.25, -0.2) is 14.6 Å². The van der Waals surface area contributed by atoms with E-state index in [-0.39, 0.29) is 32.5 Å². The summed E-state index contributed by atoms with van der Waals surface area (Å²) < 4.78 is 10.6. The van der Waals surface area contributed by atoms with Gasteiger partial charge in [-0.2, -0.15) is 0 Å². The molecule has 4 rings (SSSR count). The van der Waals surface area contributed by atoms with Gasteiger partial charge in [-0.3, -0.25) is 9.59 Å². The molecule has 0 saturated heterocycles. The summed E-state index contributed by atoms with van der Waals surface area (Å²) in [6, 6.07) is 24.4. The summed E-state index contributed by atoms with van der Waals surface area (Å²) >= 11 is 0. The van der Waals surface area contributed by atoms with Crippen molar-refractivity contribution in [3.8, 4) is 0 Å². The molecule has 4 N–H and O–H groups in total. The highest BCUT2D eigenvalue weighted by molar-refractivity contribution is 5.93. The minimum atomic E-state index is -1.11. The number of carbonyl (C=O) groups excluding carboxylic acids is 4. The van der Waals surface area contributed by atoms with Crippen molar-refractivity contribution in [2.45, 2.75) is 50.9 Å². The van der Waals surface area contributed by atoms with Crippen molar-refractivity contribution < 1.29 is 28.7 Å². The number of amides is 3. The first kappa shape index (κ1) is 32.5. The Bertz CT molecular complexity index is 1500. The van der Waals surface area contributed by atoms with E-state index < -0.39 is 42.0 Å². The van der Waals surface area contributed by atoms with Gasteiger partial charge in [0.05, 0.1) is 12.9 Å². The van der Waals surface area contributed by atoms with E-state index in [1.54, 1.807) is 13.1 Å². The van der Waals surface area contributed by atoms with E-state index in [1.807, 2.05) is 91.0 Å². The van der Waals surface area contributed by atoms with Gasteiger partial charge in [0, 0.05) is 31.2 Å². The minimum Gasteiger partial charge on any atom is -0.464 e. The average molecular weight is 612 g/mol. The zero-order valence-electron chi connectivity index (χ0n) is 25.0. The number of imidazole rings is 1. The lowest BCUT2D eigenvalue weighted by molar-refractivity contribution is -0.147. The van der Waals surface area contributed by atoms with Gasteiger partial charge in [0.1, 0.15) is 24.7 Å². The Morgan fingerprint density at radius 2 is 1.18 bits per heavy atom. The fraction of sp³-hybridized carbons (Fsp3) is 0.265. The van der Waals surface area contributed by atoms with Gasteiger partial charge in [-0.1, -0.05) is 91.0 Å². The molecule has 11 heteroatoms. The summed E-state index contributed by atoms with van der Waals surface area (Å²) in [5.41, 5.74) is 2.99. The number of nitrogens with one attached hydrogen (secondary N) is 4. The summed E-state index contributed by atoms with van der Waals surface area (Å²) in [4.78, 5) is 60.0. The fourth-order valence-corrected chi connectivity index (χ4v) is 4.62. The van der Waals surface area contributed by atoms with E-state index in [2.05, 4.69) is 25.9 Å². The monoisotopic (exact) mass is 611 g/mol. The maximum Gasteiger partial charge on any atom is 0.408 e. The second kappa shape index (κ2) is 17.0. The van der Waals surface area contributed by atoms with Gasteiger partial charge in [0.2, 0.25) is 11.8 Å². The summed E-state index contributed by atoms with van der Waals surface area (Å²) in [5.74, 6) is -1.78. The molecule has 3 atom stereocenters. The molecule has 3 amide bonds. The Morgan fingerprint density at radius 3 is 1.71 bits per heavy atom. The normalized spacial score (nSPS) is 12.6. The maximum absolute atomic E-state index is 13.8. The Hall–Kier alpha value is -5.45. The molecule has 0 unspecified atom stereocenters. The first-order valence-electron chi connectivity index (χ1n) is 14.7. The van der Waals surface area contributed by atoms with Crippen LogP contribution < -0.4 is 16.0 Å². The average Bonchev–Trinajstić information content (AvgIpc) is 3.57. The van der Waals surface area contributed by atoms with Crippen molar-refractivity contribution in [1.29, 1.82) is 0 Å². The van der Waals surface area contributed by atoms with Crippen molar-refractivity contribution in [3.05, 3.63) is 126 Å². The molecule has 0 aliphatic rings. The van der Waals surface area contributed by atoms with Crippen molar-refractivity contribution in [3.63, 3.8) is 0 Å². The molecule has 0 fully saturated rings. The molecule has 1 heterocycles. The SMILES string of the molecule is CCOC(=O)[C@H](Cc1ccccc1)NC(=O)[C@H](Cc1ccccc1)NC(=O)[C@H](Cc1cnc[nH]1)NC(=O)OCc1ccccc1. The van der Waals surface area contributed by atoms with Gasteiger partial charge < -0.3 is 30.4 Å². The van der Waals surface area contributed by atoms with Crippen LogP contribution in [0, 0.1) is 0 Å². The number of ether oxygens (including phenoxy) is 2. The Labute approximate surface area is 261 Å². The highest BCUT2D eigenvalue weighted by atomic mass is 16.5. The fourth-order valence-electron chi connectivity index (χ4n) is 4.62. The Kier molecular flexibility index (Phi) is 12.3. The predicted molar refractivity (Wildman–Crippen MR) is 167 cm³/mol. The minimum absolute atomic E-state index is 0.0147. The molecule has 45 heavy (non-hydrogen) atoms. The number of alkyl carbamates (subject to hydrolysis) is 1. The molecular weight excluding hydrogens is 574 g/mol. The third-order valence-electron chi connectivity index (χ3n) is 6.89. The van der Waals surface area contributed by atoms with Crippen molar-refractivity contribution >= 4 is 23.9 Å². The van der Waals surface area contributed by atoms with E-state index in [1.165, 1.54) is 6.33 Å². The molecular formula is C34H37N5O6. The largest absolute Gasteiger partial charge is 0.464 e. The predicted octanol–water partition coefficient (Wildman–Crippen LogP) is 3.27. The zero-order chi connectivity index (χ0) is 31.9. The quantitative estimate of drug-likeness (QED) is 0.151. The van der Waals surface area contributed by atoms with Crippen LogP contribution in [0.1, 0.15) is 29.3 Å². The van der Waals surface area contributed by atoms with Gasteiger partial charge in [0.25, 0.3) is 0 Å². The summed E-state index contributed by atoms with van der Waals surface area (Å²) in [5, 5.41) is 8.19. The van der Waals surface area contributed by atoms with E-state index in [4.69, 9.17) is 9.47 Å². The summed E-state index contributed by atoms with van der Waals surface area (Å²) in [6.07, 6.45) is 2.60. The summed E-state index contributed by atoms with van der Waals surface area (Å²) in [7, 11) is 0. The lowest BCUT2D eigenvalue weighted by atomic mass is 10.0. The maximum atomic E-state index is 13.8. The number of rotatable bonds is 15. The number of benzene rings is 3. The zero-order valence-corrected chi connectivity index (χ0v) is 25.0. The topological polar surface area (TPSA) is 152 Å². The Balaban J connectivity index is 1.51. The van der Waals surface area contributed by atoms with Crippen LogP contribution in [0.15, 0.2) is 104 Å². The van der Waals surface area contributed by atoms with Gasteiger partial charge >= 0.3 is 12.1 Å². The number of aromatic amines is 1. The highest BCUT2D eigenvalue weighted by Crippen LogP contribution is 2.09. The van der Waals surface area contributed by atoms with Crippen LogP contribution >= 0.6 is 0 Å². The van der Waals surface area contributed by atoms with Crippen LogP contribution in [-0.2, 0) is 49.7 Å². The second-order valence-electron chi connectivity index (χ2n) is 10.3. The third kappa shape index (κ3) is 10.6. The van der Waals surface area contributed by atoms with E-state index in [0.717, 1.165) is 16.7 Å². The van der Waals surface area contributed by atoms with Crippen molar-refractivity contribution in [2.75, 3.05) is 6.61 Å². The smallest absolute Gasteiger partial charge is 0.408 e. The second-order valence-corrected chi connectivity index (χ2v) is 10.3. The molecule has 0 bridgehead atoms. The molecule has 0 spiro atoms. The molecule has 3 aromatic carbocycles. The van der Waals surface area contributed by atoms with Gasteiger partial charge in [-0.15, -0.1) is 0 Å². The van der Waals surface area contributed by atoms with Crippen molar-refractivity contribution in [2.24, 2.45) is 0 Å². The standard InChI is InChI=1S/C34H37N5O6/c1-2-44-33(42)30(19-25-14-8-4-9-15-25)38-31(40)28(18-24-12-6-3-7-13-24)37-32(41)29(20-27-21-35-23-36-27)39-34(43)45-22-26-16-10-5-11-17-26/h3-17,21,23,28-30H,2,18-20,22H2,1H3,(H,35,36)(H,37,41)(H,38,40)(H,39,43)/t28-,29-,30-/m0/s1. The Morgan fingerprint density at radius 1 is 0.667 bits per heavy atom. The van der Waals surface area contributed by atoms with E-state index >= 15 is 0 Å². The van der Waals surface area contributed by atoms with Crippen LogP contribution in [0.5, 0.6) is 0 Å². The highest BCUT2D eigenvalue weighted by Gasteiger charge is 2.31. The van der Waals surface area contributed by atoms with Crippen LogP contribution in [0.3, 0.4) is 0 Å². The first-order valence-corrected chi connectivity index (χ1v) is 14.7. The number of H-pyrrole nitrogens is 1. The van der Waals surface area contributed by atoms with Crippen LogP contribution in [0.2, 0.25) is 0 Å². The van der Waals surface area contributed by atoms with E-state index in [0.29, 0.717) is 5.69 Å². The van der Waals surface area contributed by atoms with Gasteiger partial charge in [-0.05, 0) is 23.6 Å². The van der Waals surface area contributed by atoms with E-state index in [9.17, 15) is 19.2 Å². The molecule has 11 nitrogen and oxygen atoms in total. The molecule has 0 saturated carbocycles. The summed E-state index contributed by atoms with van der Waals surface area (Å²) in [6.45, 7) is 1.85. The first-order chi connectivity index (χ1) is 21.9. The van der Waals surface area contributed by atoms with Crippen LogP contribution in [0.4, 0.5) is 4.79 Å². The number of hydrogen-bond acceptors (Lipinski definition) is 7. The molecule has 4 aromatic rings. The lowest BCUT2D eigenvalue weighted by Gasteiger charge is -2.25. The van der Waals surface area contributed by atoms with Gasteiger partial charge in [0.15, 0.2) is 0 Å². The number of aromatic nitrogens is 2. The molecule has 1 aromatic heterocycles. The third-order valence-corrected chi connectivity index (χ3v) is 6.89. The molecule has 0 radical (unpaired) electrons. The molecule has 0 aliphatic heterocycles.